The lowest BCUT2D eigenvalue weighted by Crippen LogP contribution is -2.49. The molecule has 0 radical (unpaired) electrons. The number of carbonyl (C=O) groups is 4. The van der Waals surface area contributed by atoms with Crippen LogP contribution in [0.5, 0.6) is 0 Å². The number of aliphatic carboxylic acids is 2. The Morgan fingerprint density at radius 1 is 1.11 bits per heavy atom. The fourth-order valence-electron chi connectivity index (χ4n) is 1.71. The summed E-state index contributed by atoms with van der Waals surface area (Å²) in [5.74, 6) is -2.66. The van der Waals surface area contributed by atoms with E-state index in [9.17, 15) is 23.4 Å². The van der Waals surface area contributed by atoms with Crippen LogP contribution in [0.4, 0.5) is 0 Å². The molecule has 0 aliphatic carbocycles. The molecule has 11 nitrogen and oxygen atoms in total. The van der Waals surface area contributed by atoms with Crippen molar-refractivity contribution in [3.8, 4) is 0 Å². The molecule has 3 atom stereocenters. The highest BCUT2D eigenvalue weighted by atomic mass is 33.1. The minimum atomic E-state index is -1.82. The van der Waals surface area contributed by atoms with Crippen molar-refractivity contribution >= 4 is 56.4 Å². The Kier molecular flexibility index (Phi) is 14.8. The van der Waals surface area contributed by atoms with Gasteiger partial charge in [-0.25, -0.2) is 4.21 Å². The molecule has 0 aromatic carbocycles. The molecule has 14 heteroatoms. The fourth-order valence-corrected chi connectivity index (χ4v) is 4.47. The zero-order valence-corrected chi connectivity index (χ0v) is 17.4. The Morgan fingerprint density at radius 3 is 2.36 bits per heavy atom. The molecule has 0 heterocycles. The molecule has 0 aliphatic rings. The summed E-state index contributed by atoms with van der Waals surface area (Å²) in [5.41, 5.74) is 5.33. The first-order valence-corrected chi connectivity index (χ1v) is 12.0. The second-order valence-corrected chi connectivity index (χ2v) is 9.23. The molecule has 0 spiro atoms. The smallest absolute Gasteiger partial charge is 0.322 e. The van der Waals surface area contributed by atoms with Crippen molar-refractivity contribution in [1.29, 1.82) is 0 Å². The molecule has 0 aliphatic heterocycles. The maximum absolute atomic E-state index is 12.1. The van der Waals surface area contributed by atoms with Crippen molar-refractivity contribution in [2.75, 3.05) is 23.8 Å². The number of nitrogens with one attached hydrogen (secondary N) is 2. The van der Waals surface area contributed by atoms with Crippen LogP contribution in [0.1, 0.15) is 25.7 Å². The largest absolute Gasteiger partial charge is 0.480 e. The monoisotopic (exact) mass is 459 g/mol. The first-order chi connectivity index (χ1) is 13.1. The van der Waals surface area contributed by atoms with Crippen LogP contribution in [-0.4, -0.2) is 78.6 Å². The molecule has 0 bridgehead atoms. The zero-order chi connectivity index (χ0) is 21.5. The number of carboxylic acids is 2. The number of unbranched alkanes of at least 4 members (excludes halogenated alkanes) is 1. The van der Waals surface area contributed by atoms with Gasteiger partial charge in [-0.2, -0.15) is 0 Å². The molecule has 0 saturated carbocycles. The number of nitrogens with two attached hydrogens (primary N) is 1. The number of hydrogen-bond acceptors (Lipinski definition) is 8. The van der Waals surface area contributed by atoms with Crippen molar-refractivity contribution in [2.24, 2.45) is 5.73 Å². The minimum absolute atomic E-state index is 0.0985. The second kappa shape index (κ2) is 15.6. The highest BCUT2D eigenvalue weighted by Gasteiger charge is 2.22. The predicted octanol–water partition coefficient (Wildman–Crippen LogP) is -0.753. The molecule has 28 heavy (non-hydrogen) atoms. The standard InChI is InChI=1S/C14H25N3O8S3/c15-9(14(22)23)3-4-11(18)17-10(13(21)16-7-12(19)20)8-27-26-5-1-2-6-28(24)25/h9-10H,1-8,15H2,(H,16,21)(H,17,18)(H,19,20)(H,22,23)(H,24,25)/t9-,10+/m0/s1. The Labute approximate surface area is 172 Å². The van der Waals surface area contributed by atoms with Crippen LogP contribution in [0, 0.1) is 0 Å². The van der Waals surface area contributed by atoms with Crippen molar-refractivity contribution < 1.29 is 38.2 Å². The molecule has 0 aromatic rings. The van der Waals surface area contributed by atoms with Gasteiger partial charge in [0.25, 0.3) is 0 Å². The van der Waals surface area contributed by atoms with Gasteiger partial charge in [0.1, 0.15) is 18.6 Å². The van der Waals surface area contributed by atoms with E-state index in [0.717, 1.165) is 0 Å². The van der Waals surface area contributed by atoms with E-state index in [1.165, 1.54) is 21.6 Å². The summed E-state index contributed by atoms with van der Waals surface area (Å²) in [6.07, 6.45) is 1.00. The number of carbonyl (C=O) groups excluding carboxylic acids is 2. The van der Waals surface area contributed by atoms with Gasteiger partial charge in [0.15, 0.2) is 11.1 Å². The van der Waals surface area contributed by atoms with E-state index in [2.05, 4.69) is 10.6 Å². The molecule has 0 fully saturated rings. The third kappa shape index (κ3) is 14.7. The van der Waals surface area contributed by atoms with Crippen molar-refractivity contribution in [3.63, 3.8) is 0 Å². The summed E-state index contributed by atoms with van der Waals surface area (Å²) in [6, 6.07) is -2.18. The first-order valence-electron chi connectivity index (χ1n) is 8.22. The highest BCUT2D eigenvalue weighted by Crippen LogP contribution is 2.23. The van der Waals surface area contributed by atoms with Gasteiger partial charge in [0.05, 0.1) is 0 Å². The molecule has 0 aromatic heterocycles. The topological polar surface area (TPSA) is 196 Å². The second-order valence-electron chi connectivity index (χ2n) is 5.55. The fraction of sp³-hybridized carbons (Fsp3) is 0.714. The van der Waals surface area contributed by atoms with Gasteiger partial charge in [-0.3, -0.25) is 19.2 Å². The lowest BCUT2D eigenvalue weighted by Gasteiger charge is -2.18. The van der Waals surface area contributed by atoms with Crippen molar-refractivity contribution in [1.82, 2.24) is 10.6 Å². The summed E-state index contributed by atoms with van der Waals surface area (Å²) in [4.78, 5) is 45.3. The molecular formula is C14H25N3O8S3. The zero-order valence-electron chi connectivity index (χ0n) is 15.0. The molecular weight excluding hydrogens is 434 g/mol. The van der Waals surface area contributed by atoms with E-state index in [1.54, 1.807) is 0 Å². The quantitative estimate of drug-likeness (QED) is 0.0964. The average molecular weight is 460 g/mol. The molecule has 1 unspecified atom stereocenters. The van der Waals surface area contributed by atoms with Crippen molar-refractivity contribution in [2.45, 2.75) is 37.8 Å². The van der Waals surface area contributed by atoms with E-state index in [-0.39, 0.29) is 24.3 Å². The van der Waals surface area contributed by atoms with Gasteiger partial charge in [-0.05, 0) is 19.3 Å². The van der Waals surface area contributed by atoms with Crippen LogP contribution in [0.2, 0.25) is 0 Å². The maximum Gasteiger partial charge on any atom is 0.322 e. The molecule has 2 amide bonds. The first kappa shape index (κ1) is 26.6. The maximum atomic E-state index is 12.1. The van der Waals surface area contributed by atoms with Crippen LogP contribution in [-0.2, 0) is 30.3 Å². The average Bonchev–Trinajstić information content (AvgIpc) is 2.61. The van der Waals surface area contributed by atoms with Gasteiger partial charge >= 0.3 is 11.9 Å². The summed E-state index contributed by atoms with van der Waals surface area (Å²) >= 11 is -1.82. The van der Waals surface area contributed by atoms with Crippen LogP contribution >= 0.6 is 21.6 Å². The summed E-state index contributed by atoms with van der Waals surface area (Å²) in [6.45, 7) is -0.592. The summed E-state index contributed by atoms with van der Waals surface area (Å²) in [7, 11) is 2.71. The van der Waals surface area contributed by atoms with Crippen LogP contribution < -0.4 is 16.4 Å². The minimum Gasteiger partial charge on any atom is -0.480 e. The van der Waals surface area contributed by atoms with Gasteiger partial charge in [-0.1, -0.05) is 21.6 Å². The number of carboxylic acid groups (broad SMARTS) is 2. The van der Waals surface area contributed by atoms with E-state index >= 15 is 0 Å². The highest BCUT2D eigenvalue weighted by molar-refractivity contribution is 8.76. The molecule has 7 N–H and O–H groups in total. The molecule has 0 saturated heterocycles. The van der Waals surface area contributed by atoms with Gasteiger partial charge in [0.2, 0.25) is 11.8 Å². The number of amides is 2. The number of rotatable bonds is 16. The predicted molar refractivity (Wildman–Crippen MR) is 107 cm³/mol. The van der Waals surface area contributed by atoms with Gasteiger partial charge < -0.3 is 31.1 Å². The van der Waals surface area contributed by atoms with Crippen LogP contribution in [0.3, 0.4) is 0 Å². The lowest BCUT2D eigenvalue weighted by molar-refractivity contribution is -0.139. The normalized spacial score (nSPS) is 13.9. The van der Waals surface area contributed by atoms with Crippen LogP contribution in [0.25, 0.3) is 0 Å². The summed E-state index contributed by atoms with van der Waals surface area (Å²) < 4.78 is 19.2. The number of hydrogen-bond donors (Lipinski definition) is 6. The third-order valence-corrected chi connectivity index (χ3v) is 6.32. The Balaban J connectivity index is 4.43. The van der Waals surface area contributed by atoms with E-state index < -0.39 is 53.5 Å². The van der Waals surface area contributed by atoms with E-state index in [0.29, 0.717) is 18.6 Å². The van der Waals surface area contributed by atoms with E-state index in [1.807, 2.05) is 0 Å². The Bertz CT molecular complexity index is 564. The van der Waals surface area contributed by atoms with Gasteiger partial charge in [-0.15, -0.1) is 0 Å². The van der Waals surface area contributed by atoms with Crippen molar-refractivity contribution in [3.05, 3.63) is 0 Å². The lowest BCUT2D eigenvalue weighted by atomic mass is 10.1. The summed E-state index contributed by atoms with van der Waals surface area (Å²) in [5, 5.41) is 22.0. The molecule has 0 rings (SSSR count). The van der Waals surface area contributed by atoms with E-state index in [4.69, 9.17) is 20.5 Å². The SMILES string of the molecule is N[C@@H](CCC(=O)N[C@H](CSSCCCCS(=O)O)C(=O)NCC(=O)O)C(=O)O. The Hall–Kier alpha value is -1.35. The molecule has 162 valence electrons. The Morgan fingerprint density at radius 2 is 1.79 bits per heavy atom. The third-order valence-electron chi connectivity index (χ3n) is 3.18. The van der Waals surface area contributed by atoms with Gasteiger partial charge in [0, 0.05) is 23.7 Å². The van der Waals surface area contributed by atoms with Crippen LogP contribution in [0.15, 0.2) is 0 Å².